The molecule has 3 N–H and O–H groups in total. The van der Waals surface area contributed by atoms with E-state index >= 15 is 0 Å². The van der Waals surface area contributed by atoms with Crippen LogP contribution in [0.15, 0.2) is 35.2 Å². The molecule has 7 nitrogen and oxygen atoms in total. The number of carboxylic acid groups (broad SMARTS) is 1. The number of aromatic nitrogens is 1. The lowest BCUT2D eigenvalue weighted by molar-refractivity contribution is -0.139. The molecule has 0 unspecified atom stereocenters. The minimum absolute atomic E-state index is 0.345. The van der Waals surface area contributed by atoms with Gasteiger partial charge in [-0.05, 0) is 24.3 Å². The summed E-state index contributed by atoms with van der Waals surface area (Å²) in [5, 5.41) is 15.7. The Morgan fingerprint density at radius 3 is 2.67 bits per heavy atom. The summed E-state index contributed by atoms with van der Waals surface area (Å²) in [6.45, 7) is -0.0456. The summed E-state index contributed by atoms with van der Waals surface area (Å²) >= 11 is 1.46. The first-order chi connectivity index (χ1) is 10.1. The van der Waals surface area contributed by atoms with Crippen LogP contribution in [0.25, 0.3) is 0 Å². The minimum Gasteiger partial charge on any atom is -0.482 e. The number of aliphatic carboxylic acids is 1. The summed E-state index contributed by atoms with van der Waals surface area (Å²) in [4.78, 5) is 26.1. The molecule has 2 aromatic rings. The molecule has 0 radical (unpaired) electrons. The van der Waals surface area contributed by atoms with Gasteiger partial charge in [0.2, 0.25) is 0 Å². The van der Waals surface area contributed by atoms with E-state index in [1.54, 1.807) is 29.8 Å². The molecule has 21 heavy (non-hydrogen) atoms. The lowest BCUT2D eigenvalue weighted by atomic mass is 10.3. The highest BCUT2D eigenvalue weighted by Crippen LogP contribution is 2.15. The molecule has 0 spiro atoms. The van der Waals surface area contributed by atoms with Gasteiger partial charge in [0.05, 0.1) is 17.7 Å². The van der Waals surface area contributed by atoms with Crippen molar-refractivity contribution in [3.05, 3.63) is 40.8 Å². The van der Waals surface area contributed by atoms with Crippen molar-refractivity contribution in [1.29, 1.82) is 0 Å². The third-order valence-electron chi connectivity index (χ3n) is 2.39. The number of urea groups is 1. The Labute approximate surface area is 124 Å². The Morgan fingerprint density at radius 2 is 2.05 bits per heavy atom. The normalized spacial score (nSPS) is 9.90. The van der Waals surface area contributed by atoms with Crippen LogP contribution in [-0.2, 0) is 11.3 Å². The van der Waals surface area contributed by atoms with Crippen LogP contribution in [0.4, 0.5) is 10.5 Å². The number of thiazole rings is 1. The van der Waals surface area contributed by atoms with Gasteiger partial charge in [-0.25, -0.2) is 14.6 Å². The molecule has 0 aliphatic heterocycles. The van der Waals surface area contributed by atoms with Gasteiger partial charge >= 0.3 is 12.0 Å². The molecule has 110 valence electrons. The second-order valence-electron chi connectivity index (χ2n) is 3.99. The van der Waals surface area contributed by atoms with Crippen LogP contribution in [0.1, 0.15) is 5.69 Å². The lowest BCUT2D eigenvalue weighted by Crippen LogP contribution is -2.28. The van der Waals surface area contributed by atoms with Crippen LogP contribution in [-0.4, -0.2) is 28.7 Å². The van der Waals surface area contributed by atoms with Crippen LogP contribution >= 0.6 is 11.3 Å². The summed E-state index contributed by atoms with van der Waals surface area (Å²) in [5.74, 6) is -0.621. The van der Waals surface area contributed by atoms with Crippen LogP contribution in [0.3, 0.4) is 0 Å². The van der Waals surface area contributed by atoms with Crippen molar-refractivity contribution < 1.29 is 19.4 Å². The number of nitrogens with zero attached hydrogens (tertiary/aromatic N) is 1. The first kappa shape index (κ1) is 14.8. The quantitative estimate of drug-likeness (QED) is 0.757. The maximum Gasteiger partial charge on any atom is 0.341 e. The van der Waals surface area contributed by atoms with Crippen LogP contribution in [0.5, 0.6) is 5.75 Å². The molecular formula is C13H13N3O4S. The molecule has 0 saturated heterocycles. The van der Waals surface area contributed by atoms with Gasteiger partial charge in [-0.3, -0.25) is 0 Å². The monoisotopic (exact) mass is 307 g/mol. The predicted molar refractivity (Wildman–Crippen MR) is 77.5 cm³/mol. The Kier molecular flexibility index (Phi) is 5.10. The second kappa shape index (κ2) is 7.25. The fourth-order valence-electron chi connectivity index (χ4n) is 1.45. The van der Waals surface area contributed by atoms with E-state index in [4.69, 9.17) is 9.84 Å². The maximum absolute atomic E-state index is 11.7. The molecule has 0 atom stereocenters. The highest BCUT2D eigenvalue weighted by Gasteiger charge is 2.04. The van der Waals surface area contributed by atoms with E-state index in [9.17, 15) is 9.59 Å². The number of hydrogen-bond acceptors (Lipinski definition) is 5. The van der Waals surface area contributed by atoms with Gasteiger partial charge in [-0.15, -0.1) is 11.3 Å². The van der Waals surface area contributed by atoms with E-state index < -0.39 is 12.6 Å². The summed E-state index contributed by atoms with van der Waals surface area (Å²) in [6, 6.07) is 6.07. The number of rotatable bonds is 6. The number of carboxylic acids is 1. The summed E-state index contributed by atoms with van der Waals surface area (Å²) in [7, 11) is 0. The summed E-state index contributed by atoms with van der Waals surface area (Å²) in [6.07, 6.45) is 0. The third kappa shape index (κ3) is 5.11. The SMILES string of the molecule is O=C(O)COc1ccc(NC(=O)NCc2cscn2)cc1. The Bertz CT molecular complexity index is 598. The zero-order valence-electron chi connectivity index (χ0n) is 10.9. The fraction of sp³-hybridized carbons (Fsp3) is 0.154. The van der Waals surface area contributed by atoms with Gasteiger partial charge in [0.25, 0.3) is 0 Å². The highest BCUT2D eigenvalue weighted by atomic mass is 32.1. The van der Waals surface area contributed by atoms with Crippen molar-refractivity contribution in [2.45, 2.75) is 6.54 Å². The van der Waals surface area contributed by atoms with Crippen molar-refractivity contribution in [2.75, 3.05) is 11.9 Å². The zero-order valence-corrected chi connectivity index (χ0v) is 11.7. The summed E-state index contributed by atoms with van der Waals surface area (Å²) in [5.41, 5.74) is 3.08. The van der Waals surface area contributed by atoms with Crippen LogP contribution in [0, 0.1) is 0 Å². The molecule has 0 bridgehead atoms. The van der Waals surface area contributed by atoms with E-state index in [0.717, 1.165) is 5.69 Å². The molecule has 1 aromatic heterocycles. The van der Waals surface area contributed by atoms with Gasteiger partial charge in [-0.2, -0.15) is 0 Å². The minimum atomic E-state index is -1.04. The molecule has 0 saturated carbocycles. The van der Waals surface area contributed by atoms with Crippen LogP contribution in [0.2, 0.25) is 0 Å². The molecule has 1 heterocycles. The van der Waals surface area contributed by atoms with Gasteiger partial charge in [0, 0.05) is 11.1 Å². The zero-order chi connectivity index (χ0) is 15.1. The van der Waals surface area contributed by atoms with Crippen molar-refractivity contribution in [3.8, 4) is 5.75 Å². The average Bonchev–Trinajstić information content (AvgIpc) is 2.98. The molecule has 1 aromatic carbocycles. The lowest BCUT2D eigenvalue weighted by Gasteiger charge is -2.08. The van der Waals surface area contributed by atoms with Gasteiger partial charge < -0.3 is 20.5 Å². The highest BCUT2D eigenvalue weighted by molar-refractivity contribution is 7.07. The molecule has 2 amide bonds. The van der Waals surface area contributed by atoms with Crippen molar-refractivity contribution >= 4 is 29.0 Å². The van der Waals surface area contributed by atoms with Crippen molar-refractivity contribution in [1.82, 2.24) is 10.3 Å². The Hall–Kier alpha value is -2.61. The van der Waals surface area contributed by atoms with Gasteiger partial charge in [-0.1, -0.05) is 0 Å². The first-order valence-electron chi connectivity index (χ1n) is 6.00. The Morgan fingerprint density at radius 1 is 1.29 bits per heavy atom. The average molecular weight is 307 g/mol. The molecule has 0 aliphatic rings. The number of hydrogen-bond donors (Lipinski definition) is 3. The maximum atomic E-state index is 11.7. The van der Waals surface area contributed by atoms with Crippen molar-refractivity contribution in [2.24, 2.45) is 0 Å². The smallest absolute Gasteiger partial charge is 0.341 e. The first-order valence-corrected chi connectivity index (χ1v) is 6.94. The van der Waals surface area contributed by atoms with E-state index in [2.05, 4.69) is 15.6 Å². The summed E-state index contributed by atoms with van der Waals surface area (Å²) < 4.78 is 4.99. The van der Waals surface area contributed by atoms with Crippen molar-refractivity contribution in [3.63, 3.8) is 0 Å². The number of carbonyl (C=O) groups is 2. The fourth-order valence-corrected chi connectivity index (χ4v) is 2.01. The third-order valence-corrected chi connectivity index (χ3v) is 3.02. The van der Waals surface area contributed by atoms with E-state index in [-0.39, 0.29) is 6.03 Å². The number of amides is 2. The topological polar surface area (TPSA) is 101 Å². The van der Waals surface area contributed by atoms with Crippen LogP contribution < -0.4 is 15.4 Å². The number of ether oxygens (including phenoxy) is 1. The molecule has 2 rings (SSSR count). The Balaban J connectivity index is 1.79. The second-order valence-corrected chi connectivity index (χ2v) is 4.71. The predicted octanol–water partition coefficient (Wildman–Crippen LogP) is 1.93. The van der Waals surface area contributed by atoms with Gasteiger partial charge in [0.15, 0.2) is 6.61 Å². The van der Waals surface area contributed by atoms with Gasteiger partial charge in [0.1, 0.15) is 5.75 Å². The van der Waals surface area contributed by atoms with E-state index in [0.29, 0.717) is 18.0 Å². The standard InChI is InChI=1S/C13H13N3O4S/c17-12(18)6-20-11-3-1-9(2-4-11)16-13(19)14-5-10-7-21-8-15-10/h1-4,7-8H,5-6H2,(H,17,18)(H2,14,16,19). The number of carbonyl (C=O) groups excluding carboxylic acids is 1. The largest absolute Gasteiger partial charge is 0.482 e. The number of nitrogens with one attached hydrogen (secondary N) is 2. The van der Waals surface area contributed by atoms with E-state index in [1.165, 1.54) is 11.3 Å². The number of benzene rings is 1. The molecule has 0 aliphatic carbocycles. The molecule has 8 heteroatoms. The molecular weight excluding hydrogens is 294 g/mol. The number of anilines is 1. The molecule has 0 fully saturated rings. The van der Waals surface area contributed by atoms with E-state index in [1.807, 2.05) is 5.38 Å².